The van der Waals surface area contributed by atoms with Gasteiger partial charge in [-0.1, -0.05) is 12.1 Å². The van der Waals surface area contributed by atoms with Crippen molar-refractivity contribution in [2.45, 2.75) is 6.92 Å². The highest BCUT2D eigenvalue weighted by Gasteiger charge is 2.09. The molecule has 0 saturated carbocycles. The molecule has 0 bridgehead atoms. The molecule has 1 aromatic carbocycles. The number of aryl methyl sites for hydroxylation is 1. The zero-order chi connectivity index (χ0) is 13.1. The fourth-order valence-corrected chi connectivity index (χ4v) is 2.37. The molecular weight excluding hydrogens is 360 g/mol. The summed E-state index contributed by atoms with van der Waals surface area (Å²) in [6, 6.07) is 6.03. The second-order valence-electron chi connectivity index (χ2n) is 3.70. The molecular formula is C12H12Br2N4. The van der Waals surface area contributed by atoms with Gasteiger partial charge >= 0.3 is 0 Å². The number of aromatic nitrogens is 2. The molecule has 0 radical (unpaired) electrons. The Kier molecular flexibility index (Phi) is 4.19. The van der Waals surface area contributed by atoms with Crippen molar-refractivity contribution in [3.05, 3.63) is 39.0 Å². The summed E-state index contributed by atoms with van der Waals surface area (Å²) in [6.45, 7) is 2.04. The summed E-state index contributed by atoms with van der Waals surface area (Å²) in [7, 11) is 1.82. The number of hydrogen-bond donors (Lipinski definition) is 2. The molecule has 0 unspecified atom stereocenters. The van der Waals surface area contributed by atoms with E-state index in [1.807, 2.05) is 32.2 Å². The van der Waals surface area contributed by atoms with Crippen LogP contribution in [0, 0.1) is 6.92 Å². The third kappa shape index (κ3) is 2.64. The molecule has 2 aromatic rings. The summed E-state index contributed by atoms with van der Waals surface area (Å²) in [4.78, 5) is 8.34. The standard InChI is InChI=1S/C12H12Br2N4/c1-7-4-3-5-8(9(7)13)18-12-10(14)11(15-2)16-6-17-12/h3-6H,1-2H3,(H2,15,16,17,18). The van der Waals surface area contributed by atoms with Gasteiger partial charge in [0.05, 0.1) is 5.69 Å². The van der Waals surface area contributed by atoms with E-state index in [-0.39, 0.29) is 0 Å². The number of halogens is 2. The van der Waals surface area contributed by atoms with Crippen LogP contribution in [0.3, 0.4) is 0 Å². The molecule has 6 heteroatoms. The molecule has 0 atom stereocenters. The molecule has 0 amide bonds. The van der Waals surface area contributed by atoms with Crippen LogP contribution in [-0.2, 0) is 0 Å². The average molecular weight is 372 g/mol. The summed E-state index contributed by atoms with van der Waals surface area (Å²) in [5.74, 6) is 1.47. The van der Waals surface area contributed by atoms with Gasteiger partial charge in [-0.25, -0.2) is 9.97 Å². The molecule has 1 heterocycles. The number of anilines is 3. The lowest BCUT2D eigenvalue weighted by atomic mass is 10.2. The lowest BCUT2D eigenvalue weighted by molar-refractivity contribution is 1.14. The van der Waals surface area contributed by atoms with Crippen LogP contribution in [0.5, 0.6) is 0 Å². The van der Waals surface area contributed by atoms with E-state index in [1.54, 1.807) is 0 Å². The lowest BCUT2D eigenvalue weighted by Crippen LogP contribution is -2.01. The third-order valence-electron chi connectivity index (χ3n) is 2.47. The molecule has 4 nitrogen and oxygen atoms in total. The smallest absolute Gasteiger partial charge is 0.150 e. The predicted octanol–water partition coefficient (Wildman–Crippen LogP) is 4.10. The van der Waals surface area contributed by atoms with Crippen LogP contribution in [0.2, 0.25) is 0 Å². The third-order valence-corrected chi connectivity index (χ3v) is 4.27. The topological polar surface area (TPSA) is 49.8 Å². The molecule has 2 N–H and O–H groups in total. The minimum Gasteiger partial charge on any atom is -0.372 e. The van der Waals surface area contributed by atoms with Gasteiger partial charge in [0.2, 0.25) is 0 Å². The first-order chi connectivity index (χ1) is 8.63. The predicted molar refractivity (Wildman–Crippen MR) is 81.4 cm³/mol. The van der Waals surface area contributed by atoms with E-state index in [0.717, 1.165) is 26.3 Å². The molecule has 94 valence electrons. The Hall–Kier alpha value is -1.14. The van der Waals surface area contributed by atoms with Gasteiger partial charge in [0.1, 0.15) is 22.4 Å². The number of hydrogen-bond acceptors (Lipinski definition) is 4. The fraction of sp³-hybridized carbons (Fsp3) is 0.167. The van der Waals surface area contributed by atoms with Crippen molar-refractivity contribution in [2.75, 3.05) is 17.7 Å². The summed E-state index contributed by atoms with van der Waals surface area (Å²) in [5, 5.41) is 6.27. The number of rotatable bonds is 3. The molecule has 0 aliphatic heterocycles. The molecule has 2 rings (SSSR count). The Balaban J connectivity index is 2.37. The van der Waals surface area contributed by atoms with Crippen molar-refractivity contribution in [3.8, 4) is 0 Å². The van der Waals surface area contributed by atoms with Crippen LogP contribution in [0.25, 0.3) is 0 Å². The summed E-state index contributed by atoms with van der Waals surface area (Å²) < 4.78 is 1.84. The second-order valence-corrected chi connectivity index (χ2v) is 5.28. The van der Waals surface area contributed by atoms with Gasteiger partial charge in [-0.05, 0) is 50.4 Å². The van der Waals surface area contributed by atoms with Gasteiger partial charge in [0, 0.05) is 11.5 Å². The van der Waals surface area contributed by atoms with E-state index in [0.29, 0.717) is 0 Å². The van der Waals surface area contributed by atoms with Gasteiger partial charge in [0.25, 0.3) is 0 Å². The van der Waals surface area contributed by atoms with Gasteiger partial charge in [-0.15, -0.1) is 0 Å². The Morgan fingerprint density at radius 2 is 1.78 bits per heavy atom. The lowest BCUT2D eigenvalue weighted by Gasteiger charge is -2.12. The maximum Gasteiger partial charge on any atom is 0.150 e. The second kappa shape index (κ2) is 5.67. The number of nitrogens with one attached hydrogen (secondary N) is 2. The Morgan fingerprint density at radius 1 is 1.06 bits per heavy atom. The molecule has 0 saturated heterocycles. The minimum absolute atomic E-state index is 0.723. The van der Waals surface area contributed by atoms with Crippen molar-refractivity contribution in [1.82, 2.24) is 9.97 Å². The quantitative estimate of drug-likeness (QED) is 0.852. The van der Waals surface area contributed by atoms with E-state index >= 15 is 0 Å². The fourth-order valence-electron chi connectivity index (χ4n) is 1.50. The van der Waals surface area contributed by atoms with Crippen LogP contribution in [0.4, 0.5) is 17.3 Å². The number of nitrogens with zero attached hydrogens (tertiary/aromatic N) is 2. The van der Waals surface area contributed by atoms with E-state index in [4.69, 9.17) is 0 Å². The highest BCUT2D eigenvalue weighted by molar-refractivity contribution is 9.11. The number of benzene rings is 1. The zero-order valence-electron chi connectivity index (χ0n) is 9.96. The van der Waals surface area contributed by atoms with Gasteiger partial charge < -0.3 is 10.6 Å². The van der Waals surface area contributed by atoms with Gasteiger partial charge in [0.15, 0.2) is 0 Å². The first-order valence-corrected chi connectivity index (χ1v) is 6.92. The largest absolute Gasteiger partial charge is 0.372 e. The summed E-state index contributed by atoms with van der Waals surface area (Å²) >= 11 is 7.04. The first kappa shape index (κ1) is 13.3. The Labute approximate surface area is 122 Å². The maximum absolute atomic E-state index is 4.22. The van der Waals surface area contributed by atoms with Crippen LogP contribution >= 0.6 is 31.9 Å². The molecule has 0 fully saturated rings. The van der Waals surface area contributed by atoms with Gasteiger partial charge in [-0.3, -0.25) is 0 Å². The molecule has 1 aromatic heterocycles. The highest BCUT2D eigenvalue weighted by atomic mass is 79.9. The molecule has 18 heavy (non-hydrogen) atoms. The van der Waals surface area contributed by atoms with Crippen LogP contribution in [-0.4, -0.2) is 17.0 Å². The highest BCUT2D eigenvalue weighted by Crippen LogP contribution is 2.32. The van der Waals surface area contributed by atoms with E-state index in [2.05, 4.69) is 52.5 Å². The normalized spacial score (nSPS) is 10.2. The van der Waals surface area contributed by atoms with Crippen LogP contribution in [0.1, 0.15) is 5.56 Å². The van der Waals surface area contributed by atoms with E-state index in [9.17, 15) is 0 Å². The van der Waals surface area contributed by atoms with Gasteiger partial charge in [-0.2, -0.15) is 0 Å². The summed E-state index contributed by atoms with van der Waals surface area (Å²) in [5.41, 5.74) is 2.13. The summed E-state index contributed by atoms with van der Waals surface area (Å²) in [6.07, 6.45) is 1.52. The van der Waals surface area contributed by atoms with Crippen molar-refractivity contribution in [3.63, 3.8) is 0 Å². The van der Waals surface area contributed by atoms with Crippen LogP contribution in [0.15, 0.2) is 33.5 Å². The van der Waals surface area contributed by atoms with Crippen LogP contribution < -0.4 is 10.6 Å². The van der Waals surface area contributed by atoms with Crippen molar-refractivity contribution in [2.24, 2.45) is 0 Å². The van der Waals surface area contributed by atoms with Crippen molar-refractivity contribution in [1.29, 1.82) is 0 Å². The molecule has 0 aliphatic rings. The van der Waals surface area contributed by atoms with E-state index in [1.165, 1.54) is 11.9 Å². The molecule has 0 aliphatic carbocycles. The molecule has 0 spiro atoms. The maximum atomic E-state index is 4.22. The Morgan fingerprint density at radius 3 is 2.50 bits per heavy atom. The zero-order valence-corrected chi connectivity index (χ0v) is 13.1. The monoisotopic (exact) mass is 370 g/mol. The SMILES string of the molecule is CNc1ncnc(Nc2cccc(C)c2Br)c1Br. The van der Waals surface area contributed by atoms with E-state index < -0.39 is 0 Å². The average Bonchev–Trinajstić information content (AvgIpc) is 2.37. The first-order valence-electron chi connectivity index (χ1n) is 5.34. The van der Waals surface area contributed by atoms with Crippen molar-refractivity contribution < 1.29 is 0 Å². The minimum atomic E-state index is 0.723. The van der Waals surface area contributed by atoms with Crippen molar-refractivity contribution >= 4 is 49.2 Å². The Bertz CT molecular complexity index is 572.